The Bertz CT molecular complexity index is 755. The summed E-state index contributed by atoms with van der Waals surface area (Å²) < 4.78 is 5.39. The Morgan fingerprint density at radius 1 is 1.33 bits per heavy atom. The molecule has 0 spiro atoms. The van der Waals surface area contributed by atoms with Gasteiger partial charge in [0.25, 0.3) is 0 Å². The fraction of sp³-hybridized carbons (Fsp3) is 0.333. The fourth-order valence-electron chi connectivity index (χ4n) is 2.96. The lowest BCUT2D eigenvalue weighted by Gasteiger charge is -2.26. The Labute approximate surface area is 141 Å². The summed E-state index contributed by atoms with van der Waals surface area (Å²) in [7, 11) is 0. The Hall–Kier alpha value is -2.62. The minimum Gasteiger partial charge on any atom is -0.379 e. The summed E-state index contributed by atoms with van der Waals surface area (Å²) in [6.45, 7) is 5.25. The number of carbonyl (C=O) groups is 1. The zero-order chi connectivity index (χ0) is 16.9. The van der Waals surface area contributed by atoms with Crippen LogP contribution in [-0.2, 0) is 16.1 Å². The number of hydrogen-bond acceptors (Lipinski definition) is 4. The van der Waals surface area contributed by atoms with Gasteiger partial charge in [0.15, 0.2) is 0 Å². The van der Waals surface area contributed by atoms with E-state index in [-0.39, 0.29) is 5.91 Å². The molecule has 0 unspecified atom stereocenters. The number of nitrogens with zero attached hydrogens (tertiary/aromatic N) is 2. The molecule has 1 aliphatic heterocycles. The van der Waals surface area contributed by atoms with Crippen molar-refractivity contribution in [2.75, 3.05) is 31.6 Å². The van der Waals surface area contributed by atoms with E-state index in [2.05, 4.69) is 21.3 Å². The number of ether oxygens (including phenoxy) is 1. The topological polar surface area (TPSA) is 81.2 Å². The van der Waals surface area contributed by atoms with Gasteiger partial charge in [0.05, 0.1) is 13.2 Å². The van der Waals surface area contributed by atoms with Crippen LogP contribution >= 0.6 is 0 Å². The molecule has 2 N–H and O–H groups in total. The molecule has 0 atom stereocenters. The number of aromatic amines is 1. The third-order valence-electron chi connectivity index (χ3n) is 4.04. The van der Waals surface area contributed by atoms with E-state index in [0.717, 1.165) is 29.9 Å². The van der Waals surface area contributed by atoms with Crippen molar-refractivity contribution in [3.8, 4) is 17.2 Å². The lowest BCUT2D eigenvalue weighted by atomic mass is 10.0. The van der Waals surface area contributed by atoms with Crippen molar-refractivity contribution in [2.45, 2.75) is 13.5 Å². The summed E-state index contributed by atoms with van der Waals surface area (Å²) in [4.78, 5) is 17.0. The smallest absolute Gasteiger partial charge is 0.222 e. The molecule has 1 aliphatic rings. The fourth-order valence-corrected chi connectivity index (χ4v) is 2.96. The van der Waals surface area contributed by atoms with Crippen LogP contribution in [0.1, 0.15) is 18.2 Å². The molecule has 0 saturated carbocycles. The van der Waals surface area contributed by atoms with Crippen molar-refractivity contribution in [2.24, 2.45) is 0 Å². The number of benzene rings is 1. The molecule has 124 valence electrons. The molecule has 3 rings (SSSR count). The van der Waals surface area contributed by atoms with E-state index < -0.39 is 0 Å². The summed E-state index contributed by atoms with van der Waals surface area (Å²) in [6, 6.07) is 12.0. The Balaban J connectivity index is 2.03. The average molecular weight is 324 g/mol. The van der Waals surface area contributed by atoms with Gasteiger partial charge in [0, 0.05) is 37.8 Å². The van der Waals surface area contributed by atoms with Crippen molar-refractivity contribution >= 4 is 11.7 Å². The zero-order valence-electron chi connectivity index (χ0n) is 13.6. The van der Waals surface area contributed by atoms with Crippen LogP contribution in [0.3, 0.4) is 0 Å². The maximum absolute atomic E-state index is 11.5. The number of nitriles is 1. The molecule has 0 aliphatic carbocycles. The van der Waals surface area contributed by atoms with E-state index >= 15 is 0 Å². The van der Waals surface area contributed by atoms with Gasteiger partial charge in [0.1, 0.15) is 17.5 Å². The van der Waals surface area contributed by atoms with Crippen LogP contribution < -0.4 is 5.32 Å². The van der Waals surface area contributed by atoms with Gasteiger partial charge in [-0.15, -0.1) is 0 Å². The molecule has 1 aromatic heterocycles. The normalized spacial score (nSPS) is 15.0. The van der Waals surface area contributed by atoms with E-state index in [1.165, 1.54) is 6.92 Å². The predicted octanol–water partition coefficient (Wildman–Crippen LogP) is 2.34. The monoisotopic (exact) mass is 324 g/mol. The molecule has 0 bridgehead atoms. The van der Waals surface area contributed by atoms with E-state index in [0.29, 0.717) is 31.1 Å². The first kappa shape index (κ1) is 16.2. The second kappa shape index (κ2) is 7.30. The highest BCUT2D eigenvalue weighted by Crippen LogP contribution is 2.33. The van der Waals surface area contributed by atoms with Gasteiger partial charge >= 0.3 is 0 Å². The largest absolute Gasteiger partial charge is 0.379 e. The van der Waals surface area contributed by atoms with Crippen LogP contribution in [0, 0.1) is 11.3 Å². The molecular weight excluding hydrogens is 304 g/mol. The quantitative estimate of drug-likeness (QED) is 0.904. The summed E-state index contributed by atoms with van der Waals surface area (Å²) in [5.74, 6) is 0.261. The Morgan fingerprint density at radius 2 is 2.04 bits per heavy atom. The Morgan fingerprint density at radius 3 is 2.67 bits per heavy atom. The molecule has 1 fully saturated rings. The first-order valence-corrected chi connectivity index (χ1v) is 7.97. The number of aromatic nitrogens is 1. The molecule has 1 amide bonds. The van der Waals surface area contributed by atoms with Gasteiger partial charge < -0.3 is 15.0 Å². The average Bonchev–Trinajstić information content (AvgIpc) is 2.92. The molecule has 6 heteroatoms. The number of hydrogen-bond donors (Lipinski definition) is 2. The highest BCUT2D eigenvalue weighted by molar-refractivity contribution is 5.92. The standard InChI is InChI=1S/C18H20N4O2/c1-13(23)20-18-15(11-19)17(14-5-3-2-4-6-14)16(21-18)12-22-7-9-24-10-8-22/h2-6,21H,7-10,12H2,1H3,(H,20,23). The van der Waals surface area contributed by atoms with E-state index in [4.69, 9.17) is 4.74 Å². The number of rotatable bonds is 4. The van der Waals surface area contributed by atoms with Gasteiger partial charge in [-0.3, -0.25) is 9.69 Å². The number of anilines is 1. The summed E-state index contributed by atoms with van der Waals surface area (Å²) in [6.07, 6.45) is 0. The van der Waals surface area contributed by atoms with E-state index in [1.54, 1.807) is 0 Å². The Kier molecular flexibility index (Phi) is 4.94. The maximum Gasteiger partial charge on any atom is 0.222 e. The molecule has 2 aromatic rings. The van der Waals surface area contributed by atoms with Gasteiger partial charge in [0.2, 0.25) is 5.91 Å². The highest BCUT2D eigenvalue weighted by Gasteiger charge is 2.22. The van der Waals surface area contributed by atoms with Gasteiger partial charge in [-0.1, -0.05) is 30.3 Å². The minimum atomic E-state index is -0.203. The van der Waals surface area contributed by atoms with Crippen LogP contribution in [0.5, 0.6) is 0 Å². The molecule has 6 nitrogen and oxygen atoms in total. The van der Waals surface area contributed by atoms with Crippen LogP contribution in [0.15, 0.2) is 30.3 Å². The molecular formula is C18H20N4O2. The maximum atomic E-state index is 11.5. The number of nitrogens with one attached hydrogen (secondary N) is 2. The van der Waals surface area contributed by atoms with Gasteiger partial charge in [-0.2, -0.15) is 5.26 Å². The minimum absolute atomic E-state index is 0.203. The van der Waals surface area contributed by atoms with Gasteiger partial charge in [-0.25, -0.2) is 0 Å². The van der Waals surface area contributed by atoms with E-state index in [9.17, 15) is 10.1 Å². The van der Waals surface area contributed by atoms with Crippen LogP contribution in [0.4, 0.5) is 5.82 Å². The van der Waals surface area contributed by atoms with Crippen LogP contribution in [-0.4, -0.2) is 42.1 Å². The summed E-state index contributed by atoms with van der Waals surface area (Å²) in [5.41, 5.74) is 3.22. The SMILES string of the molecule is CC(=O)Nc1[nH]c(CN2CCOCC2)c(-c2ccccc2)c1C#N. The molecule has 1 saturated heterocycles. The first-order valence-electron chi connectivity index (χ1n) is 7.97. The van der Waals surface area contributed by atoms with Crippen molar-refractivity contribution in [3.05, 3.63) is 41.6 Å². The number of H-pyrrole nitrogens is 1. The zero-order valence-corrected chi connectivity index (χ0v) is 13.6. The first-order chi connectivity index (χ1) is 11.7. The highest BCUT2D eigenvalue weighted by atomic mass is 16.5. The molecule has 1 aromatic carbocycles. The molecule has 24 heavy (non-hydrogen) atoms. The lowest BCUT2D eigenvalue weighted by Crippen LogP contribution is -2.35. The molecule has 2 heterocycles. The van der Waals surface area contributed by atoms with E-state index in [1.807, 2.05) is 30.3 Å². The number of morpholine rings is 1. The summed E-state index contributed by atoms with van der Waals surface area (Å²) in [5, 5.41) is 12.4. The second-order valence-electron chi connectivity index (χ2n) is 5.78. The third-order valence-corrected chi connectivity index (χ3v) is 4.04. The van der Waals surface area contributed by atoms with Crippen molar-refractivity contribution in [1.29, 1.82) is 5.26 Å². The number of carbonyl (C=O) groups excluding carboxylic acids is 1. The van der Waals surface area contributed by atoms with Crippen molar-refractivity contribution in [3.63, 3.8) is 0 Å². The second-order valence-corrected chi connectivity index (χ2v) is 5.78. The van der Waals surface area contributed by atoms with Crippen molar-refractivity contribution < 1.29 is 9.53 Å². The third kappa shape index (κ3) is 3.48. The number of amides is 1. The van der Waals surface area contributed by atoms with Gasteiger partial charge in [-0.05, 0) is 5.56 Å². The molecule has 0 radical (unpaired) electrons. The van der Waals surface area contributed by atoms with Crippen LogP contribution in [0.25, 0.3) is 11.1 Å². The van der Waals surface area contributed by atoms with Crippen molar-refractivity contribution in [1.82, 2.24) is 9.88 Å². The predicted molar refractivity (Wildman–Crippen MR) is 91.3 cm³/mol. The van der Waals surface area contributed by atoms with Crippen LogP contribution in [0.2, 0.25) is 0 Å². The summed E-state index contributed by atoms with van der Waals surface area (Å²) >= 11 is 0. The lowest BCUT2D eigenvalue weighted by molar-refractivity contribution is -0.114.